The fourth-order valence-electron chi connectivity index (χ4n) is 2.60. The number of hydrogen-bond donors (Lipinski definition) is 4. The molecular weight excluding hydrogens is 334 g/mol. The molecule has 0 atom stereocenters. The van der Waals surface area contributed by atoms with Gasteiger partial charge < -0.3 is 21.7 Å². The van der Waals surface area contributed by atoms with Crippen LogP contribution in [0.25, 0.3) is 0 Å². The molecule has 1 aliphatic rings. The average Bonchev–Trinajstić information content (AvgIpc) is 2.61. The van der Waals surface area contributed by atoms with Crippen molar-refractivity contribution in [3.05, 3.63) is 65.5 Å². The summed E-state index contributed by atoms with van der Waals surface area (Å²) in [5, 5.41) is 9.28. The van der Waals surface area contributed by atoms with Crippen LogP contribution in [-0.2, 0) is 11.3 Å². The van der Waals surface area contributed by atoms with Gasteiger partial charge in [0.2, 0.25) is 0 Å². The van der Waals surface area contributed by atoms with Crippen molar-refractivity contribution in [3.63, 3.8) is 0 Å². The molecule has 0 saturated heterocycles. The molecule has 25 heavy (non-hydrogen) atoms. The number of carbonyl (C=O) groups excluding carboxylic acids is 1. The number of anilines is 2. The second-order valence-electron chi connectivity index (χ2n) is 5.62. The number of para-hydroxylation sites is 1. The Hall–Kier alpha value is -2.93. The van der Waals surface area contributed by atoms with Crippen LogP contribution in [0.2, 0.25) is 0 Å². The van der Waals surface area contributed by atoms with Crippen molar-refractivity contribution in [1.29, 1.82) is 0 Å². The summed E-state index contributed by atoms with van der Waals surface area (Å²) in [5.74, 6) is 0.299. The summed E-state index contributed by atoms with van der Waals surface area (Å²) in [6.07, 6.45) is 2.36. The topological polar surface area (TPSA) is 92.1 Å². The molecule has 128 valence electrons. The molecule has 7 heteroatoms. The minimum absolute atomic E-state index is 0.170. The number of pyridine rings is 1. The summed E-state index contributed by atoms with van der Waals surface area (Å²) in [5.41, 5.74) is 8.85. The van der Waals surface area contributed by atoms with Gasteiger partial charge in [-0.3, -0.25) is 4.79 Å². The van der Waals surface area contributed by atoms with Gasteiger partial charge in [0.15, 0.2) is 0 Å². The van der Waals surface area contributed by atoms with Gasteiger partial charge in [-0.05, 0) is 29.8 Å². The van der Waals surface area contributed by atoms with E-state index in [0.29, 0.717) is 35.9 Å². The number of carbonyl (C=O) groups is 1. The zero-order valence-electron chi connectivity index (χ0n) is 13.6. The number of nitrogens with two attached hydrogens (primary N) is 1. The standard InChI is InChI=1S/C18H19N5OS/c19-15-10-12(6-8-20-15)11-22-14-7-9-21-17(24)16(14)18(25)23-13-4-2-1-3-5-13/h1-6,8,10,22H,7,9,11H2,(H2,19,20)(H,21,24)(H,23,25). The molecule has 1 aliphatic heterocycles. The maximum atomic E-state index is 12.3. The first-order valence-electron chi connectivity index (χ1n) is 7.95. The fraction of sp³-hybridized carbons (Fsp3) is 0.167. The normalized spacial score (nSPS) is 14.0. The molecule has 5 N–H and O–H groups in total. The van der Waals surface area contributed by atoms with Gasteiger partial charge in [0.05, 0.1) is 5.57 Å². The molecule has 1 aromatic heterocycles. The molecule has 0 radical (unpaired) electrons. The number of nitrogen functional groups attached to an aromatic ring is 1. The summed E-state index contributed by atoms with van der Waals surface area (Å²) in [6.45, 7) is 1.13. The van der Waals surface area contributed by atoms with E-state index in [-0.39, 0.29) is 5.91 Å². The molecule has 2 heterocycles. The molecule has 0 spiro atoms. The van der Waals surface area contributed by atoms with Gasteiger partial charge >= 0.3 is 0 Å². The highest BCUT2D eigenvalue weighted by atomic mass is 32.1. The number of thiocarbonyl (C=S) groups is 1. The van der Waals surface area contributed by atoms with Crippen molar-refractivity contribution in [2.45, 2.75) is 13.0 Å². The third-order valence-electron chi connectivity index (χ3n) is 3.80. The van der Waals surface area contributed by atoms with E-state index < -0.39 is 0 Å². The molecule has 0 fully saturated rings. The van der Waals surface area contributed by atoms with Crippen LogP contribution in [0.5, 0.6) is 0 Å². The fourth-order valence-corrected chi connectivity index (χ4v) is 2.93. The number of rotatable bonds is 5. The van der Waals surface area contributed by atoms with E-state index >= 15 is 0 Å². The predicted molar refractivity (Wildman–Crippen MR) is 103 cm³/mol. The number of hydrogen-bond acceptors (Lipinski definition) is 5. The summed E-state index contributed by atoms with van der Waals surface area (Å²) in [4.78, 5) is 16.7. The molecule has 3 rings (SSSR count). The molecule has 1 amide bonds. The lowest BCUT2D eigenvalue weighted by molar-refractivity contribution is -0.117. The Morgan fingerprint density at radius 3 is 2.84 bits per heavy atom. The van der Waals surface area contributed by atoms with Gasteiger partial charge in [0.1, 0.15) is 10.8 Å². The van der Waals surface area contributed by atoms with E-state index in [4.69, 9.17) is 18.0 Å². The van der Waals surface area contributed by atoms with Crippen LogP contribution in [0.1, 0.15) is 12.0 Å². The van der Waals surface area contributed by atoms with E-state index in [9.17, 15) is 4.79 Å². The van der Waals surface area contributed by atoms with Gasteiger partial charge in [-0.15, -0.1) is 0 Å². The van der Waals surface area contributed by atoms with Gasteiger partial charge in [-0.1, -0.05) is 30.4 Å². The van der Waals surface area contributed by atoms with Gasteiger partial charge in [0, 0.05) is 37.1 Å². The van der Waals surface area contributed by atoms with Gasteiger partial charge in [0.25, 0.3) is 5.91 Å². The number of nitrogens with one attached hydrogen (secondary N) is 3. The highest BCUT2D eigenvalue weighted by molar-refractivity contribution is 7.81. The largest absolute Gasteiger partial charge is 0.384 e. The van der Waals surface area contributed by atoms with Crippen LogP contribution in [0.3, 0.4) is 0 Å². The first-order valence-corrected chi connectivity index (χ1v) is 8.36. The molecule has 0 saturated carbocycles. The molecule has 0 bridgehead atoms. The van der Waals surface area contributed by atoms with Crippen molar-refractivity contribution in [1.82, 2.24) is 15.6 Å². The minimum Gasteiger partial charge on any atom is -0.384 e. The quantitative estimate of drug-likeness (QED) is 0.614. The van der Waals surface area contributed by atoms with Crippen LogP contribution in [-0.4, -0.2) is 22.4 Å². The summed E-state index contributed by atoms with van der Waals surface area (Å²) >= 11 is 5.46. The second-order valence-corrected chi connectivity index (χ2v) is 6.03. The Balaban J connectivity index is 1.78. The Labute approximate surface area is 151 Å². The smallest absolute Gasteiger partial charge is 0.256 e. The Kier molecular flexibility index (Phi) is 5.25. The van der Waals surface area contributed by atoms with Crippen LogP contribution >= 0.6 is 12.2 Å². The minimum atomic E-state index is -0.170. The van der Waals surface area contributed by atoms with Crippen LogP contribution in [0, 0.1) is 0 Å². The monoisotopic (exact) mass is 353 g/mol. The number of benzene rings is 1. The zero-order chi connectivity index (χ0) is 17.6. The summed E-state index contributed by atoms with van der Waals surface area (Å²) in [7, 11) is 0. The second kappa shape index (κ2) is 7.76. The molecule has 1 aromatic carbocycles. The molecule has 2 aromatic rings. The Bertz CT molecular complexity index is 819. The first kappa shape index (κ1) is 16.9. The molecule has 0 aliphatic carbocycles. The maximum absolute atomic E-state index is 12.3. The van der Waals surface area contributed by atoms with Crippen molar-refractivity contribution in [2.75, 3.05) is 17.6 Å². The Morgan fingerprint density at radius 2 is 2.08 bits per heavy atom. The maximum Gasteiger partial charge on any atom is 0.256 e. The lowest BCUT2D eigenvalue weighted by Crippen LogP contribution is -2.39. The van der Waals surface area contributed by atoms with E-state index in [0.717, 1.165) is 16.9 Å². The third-order valence-corrected chi connectivity index (χ3v) is 4.11. The van der Waals surface area contributed by atoms with Crippen molar-refractivity contribution >= 4 is 34.6 Å². The highest BCUT2D eigenvalue weighted by Crippen LogP contribution is 2.17. The first-order chi connectivity index (χ1) is 12.1. The van der Waals surface area contributed by atoms with Crippen LogP contribution in [0.4, 0.5) is 11.5 Å². The van der Waals surface area contributed by atoms with E-state index in [1.165, 1.54) is 0 Å². The average molecular weight is 353 g/mol. The molecular formula is C18H19N5OS. The summed E-state index contributed by atoms with van der Waals surface area (Å²) < 4.78 is 0. The Morgan fingerprint density at radius 1 is 1.28 bits per heavy atom. The summed E-state index contributed by atoms with van der Waals surface area (Å²) in [6, 6.07) is 13.2. The van der Waals surface area contributed by atoms with Crippen LogP contribution in [0.15, 0.2) is 59.9 Å². The lowest BCUT2D eigenvalue weighted by Gasteiger charge is -2.23. The SMILES string of the molecule is Nc1cc(CNC2=C(C(=S)Nc3ccccc3)C(=O)NCC2)ccn1. The van der Waals surface area contributed by atoms with Gasteiger partial charge in [-0.2, -0.15) is 0 Å². The zero-order valence-corrected chi connectivity index (χ0v) is 14.4. The van der Waals surface area contributed by atoms with E-state index in [1.54, 1.807) is 12.3 Å². The van der Waals surface area contributed by atoms with E-state index in [1.807, 2.05) is 36.4 Å². The van der Waals surface area contributed by atoms with Gasteiger partial charge in [-0.25, -0.2) is 4.98 Å². The van der Waals surface area contributed by atoms with Crippen LogP contribution < -0.4 is 21.7 Å². The highest BCUT2D eigenvalue weighted by Gasteiger charge is 2.24. The lowest BCUT2D eigenvalue weighted by atomic mass is 10.1. The molecule has 6 nitrogen and oxygen atoms in total. The van der Waals surface area contributed by atoms with Crippen molar-refractivity contribution in [3.8, 4) is 0 Å². The number of aromatic nitrogens is 1. The number of nitrogens with zero attached hydrogens (tertiary/aromatic N) is 1. The van der Waals surface area contributed by atoms with E-state index in [2.05, 4.69) is 20.9 Å². The predicted octanol–water partition coefficient (Wildman–Crippen LogP) is 1.97. The van der Waals surface area contributed by atoms with Crippen molar-refractivity contribution in [2.24, 2.45) is 0 Å². The number of amides is 1. The van der Waals surface area contributed by atoms with Crippen molar-refractivity contribution < 1.29 is 4.79 Å². The third kappa shape index (κ3) is 4.33. The molecule has 0 unspecified atom stereocenters.